The van der Waals surface area contributed by atoms with E-state index in [1.165, 1.54) is 6.20 Å². The smallest absolute Gasteiger partial charge is 0.341 e. The van der Waals surface area contributed by atoms with E-state index in [1.54, 1.807) is 10.6 Å². The minimum Gasteiger partial charge on any atom is -0.477 e. The summed E-state index contributed by atoms with van der Waals surface area (Å²) >= 11 is 0. The van der Waals surface area contributed by atoms with Gasteiger partial charge < -0.3 is 20.1 Å². The molecular formula is C17H22N2O4. The predicted octanol–water partition coefficient (Wildman–Crippen LogP) is 1.63. The summed E-state index contributed by atoms with van der Waals surface area (Å²) in [4.78, 5) is 23.6. The molecule has 0 radical (unpaired) electrons. The van der Waals surface area contributed by atoms with Crippen LogP contribution in [0.4, 0.5) is 0 Å². The fraction of sp³-hybridized carbons (Fsp3) is 0.412. The van der Waals surface area contributed by atoms with Gasteiger partial charge in [-0.25, -0.2) is 4.79 Å². The number of nitrogens with two attached hydrogens (primary N) is 1. The number of hydrogen-bond donors (Lipinski definition) is 2. The van der Waals surface area contributed by atoms with E-state index in [0.29, 0.717) is 31.7 Å². The van der Waals surface area contributed by atoms with E-state index in [0.717, 1.165) is 23.9 Å². The van der Waals surface area contributed by atoms with E-state index in [2.05, 4.69) is 0 Å². The molecule has 23 heavy (non-hydrogen) atoms. The third-order valence-corrected chi connectivity index (χ3v) is 3.73. The second kappa shape index (κ2) is 7.89. The molecule has 1 heterocycles. The normalized spacial score (nSPS) is 11.0. The van der Waals surface area contributed by atoms with Crippen molar-refractivity contribution in [2.45, 2.75) is 26.3 Å². The molecule has 0 amide bonds. The SMILES string of the molecule is CCn1cc(C(=O)O)c(=O)c2cc(CCCOCCN)ccc21. The van der Waals surface area contributed by atoms with Gasteiger partial charge in [0.05, 0.1) is 12.1 Å². The molecule has 0 bridgehead atoms. The summed E-state index contributed by atoms with van der Waals surface area (Å²) in [5.41, 5.74) is 6.48. The number of carboxylic acid groups (broad SMARTS) is 1. The number of aromatic nitrogens is 1. The van der Waals surface area contributed by atoms with E-state index >= 15 is 0 Å². The Morgan fingerprint density at radius 3 is 2.78 bits per heavy atom. The number of aromatic carboxylic acids is 1. The van der Waals surface area contributed by atoms with Crippen LogP contribution in [0.25, 0.3) is 10.9 Å². The maximum atomic E-state index is 12.4. The number of ether oxygens (including phenoxy) is 1. The van der Waals surface area contributed by atoms with Crippen molar-refractivity contribution in [3.63, 3.8) is 0 Å². The van der Waals surface area contributed by atoms with Crippen LogP contribution in [0.2, 0.25) is 0 Å². The summed E-state index contributed by atoms with van der Waals surface area (Å²) in [5, 5.41) is 9.65. The third-order valence-electron chi connectivity index (χ3n) is 3.73. The Hall–Kier alpha value is -2.18. The van der Waals surface area contributed by atoms with Crippen LogP contribution in [0.1, 0.15) is 29.3 Å². The summed E-state index contributed by atoms with van der Waals surface area (Å²) in [6.07, 6.45) is 3.00. The van der Waals surface area contributed by atoms with Crippen LogP contribution in [0.15, 0.2) is 29.2 Å². The molecular weight excluding hydrogens is 296 g/mol. The number of rotatable bonds is 8. The van der Waals surface area contributed by atoms with E-state index in [-0.39, 0.29) is 5.56 Å². The second-order valence-corrected chi connectivity index (χ2v) is 5.32. The highest BCUT2D eigenvalue weighted by Gasteiger charge is 2.14. The molecule has 1 aromatic carbocycles. The van der Waals surface area contributed by atoms with Crippen molar-refractivity contribution in [3.8, 4) is 0 Å². The zero-order valence-corrected chi connectivity index (χ0v) is 13.2. The predicted molar refractivity (Wildman–Crippen MR) is 89.0 cm³/mol. The van der Waals surface area contributed by atoms with Gasteiger partial charge in [-0.2, -0.15) is 0 Å². The maximum absolute atomic E-state index is 12.4. The van der Waals surface area contributed by atoms with Crippen LogP contribution in [-0.2, 0) is 17.7 Å². The van der Waals surface area contributed by atoms with E-state index in [1.807, 2.05) is 19.1 Å². The first kappa shape index (κ1) is 17.2. The Labute approximate surface area is 134 Å². The van der Waals surface area contributed by atoms with Gasteiger partial charge in [0, 0.05) is 31.3 Å². The summed E-state index contributed by atoms with van der Waals surface area (Å²) in [6.45, 7) is 4.18. The summed E-state index contributed by atoms with van der Waals surface area (Å²) in [7, 11) is 0. The number of nitrogens with zero attached hydrogens (tertiary/aromatic N) is 1. The maximum Gasteiger partial charge on any atom is 0.341 e. The van der Waals surface area contributed by atoms with Crippen molar-refractivity contribution >= 4 is 16.9 Å². The quantitative estimate of drug-likeness (QED) is 0.721. The molecule has 1 aromatic heterocycles. The van der Waals surface area contributed by atoms with Crippen molar-refractivity contribution in [2.75, 3.05) is 19.8 Å². The Morgan fingerprint density at radius 2 is 2.13 bits per heavy atom. The number of hydrogen-bond acceptors (Lipinski definition) is 4. The van der Waals surface area contributed by atoms with Crippen LogP contribution >= 0.6 is 0 Å². The minimum atomic E-state index is -1.19. The number of fused-ring (bicyclic) bond motifs is 1. The van der Waals surface area contributed by atoms with Gasteiger partial charge in [0.2, 0.25) is 5.43 Å². The monoisotopic (exact) mass is 318 g/mol. The molecule has 6 nitrogen and oxygen atoms in total. The fourth-order valence-electron chi connectivity index (χ4n) is 2.58. The average molecular weight is 318 g/mol. The highest BCUT2D eigenvalue weighted by atomic mass is 16.5. The molecule has 0 spiro atoms. The first-order valence-electron chi connectivity index (χ1n) is 7.75. The molecule has 2 rings (SSSR count). The Balaban J connectivity index is 2.32. The summed E-state index contributed by atoms with van der Waals surface area (Å²) in [5.74, 6) is -1.19. The molecule has 6 heteroatoms. The van der Waals surface area contributed by atoms with Gasteiger partial charge in [-0.05, 0) is 37.5 Å². The van der Waals surface area contributed by atoms with Crippen molar-refractivity contribution in [2.24, 2.45) is 5.73 Å². The first-order valence-corrected chi connectivity index (χ1v) is 7.75. The molecule has 0 fully saturated rings. The van der Waals surface area contributed by atoms with Gasteiger partial charge >= 0.3 is 5.97 Å². The van der Waals surface area contributed by atoms with Crippen molar-refractivity contribution in [1.82, 2.24) is 4.57 Å². The Morgan fingerprint density at radius 1 is 1.35 bits per heavy atom. The number of carboxylic acids is 1. The molecule has 0 atom stereocenters. The Kier molecular flexibility index (Phi) is 5.90. The van der Waals surface area contributed by atoms with E-state index < -0.39 is 11.4 Å². The molecule has 0 saturated carbocycles. The summed E-state index contributed by atoms with van der Waals surface area (Å²) < 4.78 is 7.12. The van der Waals surface area contributed by atoms with Crippen molar-refractivity contribution in [3.05, 3.63) is 45.7 Å². The van der Waals surface area contributed by atoms with Crippen LogP contribution in [0.3, 0.4) is 0 Å². The largest absolute Gasteiger partial charge is 0.477 e. The van der Waals surface area contributed by atoms with Crippen molar-refractivity contribution in [1.29, 1.82) is 0 Å². The standard InChI is InChI=1S/C17H22N2O4/c1-2-19-11-14(17(21)22)16(20)13-10-12(5-6-15(13)19)4-3-8-23-9-7-18/h5-6,10-11H,2-4,7-9,18H2,1H3,(H,21,22). The minimum absolute atomic E-state index is 0.192. The Bertz CT molecular complexity index is 752. The second-order valence-electron chi connectivity index (χ2n) is 5.32. The number of aryl methyl sites for hydroxylation is 2. The van der Waals surface area contributed by atoms with E-state index in [9.17, 15) is 14.7 Å². The average Bonchev–Trinajstić information content (AvgIpc) is 2.55. The third kappa shape index (κ3) is 3.97. The topological polar surface area (TPSA) is 94.5 Å². The molecule has 2 aromatic rings. The lowest BCUT2D eigenvalue weighted by molar-refractivity contribution is 0.0695. The molecule has 124 valence electrons. The molecule has 0 unspecified atom stereocenters. The molecule has 0 aliphatic carbocycles. The van der Waals surface area contributed by atoms with E-state index in [4.69, 9.17) is 10.5 Å². The lowest BCUT2D eigenvalue weighted by atomic mass is 10.0. The lowest BCUT2D eigenvalue weighted by Crippen LogP contribution is -2.18. The number of benzene rings is 1. The zero-order chi connectivity index (χ0) is 16.8. The van der Waals surface area contributed by atoms with Crippen LogP contribution in [-0.4, -0.2) is 35.4 Å². The molecule has 0 aliphatic rings. The fourth-order valence-corrected chi connectivity index (χ4v) is 2.58. The molecule has 3 N–H and O–H groups in total. The first-order chi connectivity index (χ1) is 11.1. The van der Waals surface area contributed by atoms with Gasteiger partial charge in [-0.3, -0.25) is 4.79 Å². The number of carbonyl (C=O) groups is 1. The van der Waals surface area contributed by atoms with Gasteiger partial charge in [0.1, 0.15) is 5.56 Å². The number of pyridine rings is 1. The highest BCUT2D eigenvalue weighted by Crippen LogP contribution is 2.16. The van der Waals surface area contributed by atoms with Gasteiger partial charge in [0.25, 0.3) is 0 Å². The highest BCUT2D eigenvalue weighted by molar-refractivity contribution is 5.92. The van der Waals surface area contributed by atoms with Crippen LogP contribution in [0.5, 0.6) is 0 Å². The van der Waals surface area contributed by atoms with Gasteiger partial charge in [0.15, 0.2) is 0 Å². The molecule has 0 saturated heterocycles. The van der Waals surface area contributed by atoms with Crippen LogP contribution < -0.4 is 11.2 Å². The summed E-state index contributed by atoms with van der Waals surface area (Å²) in [6, 6.07) is 5.64. The van der Waals surface area contributed by atoms with Gasteiger partial charge in [-0.1, -0.05) is 6.07 Å². The lowest BCUT2D eigenvalue weighted by Gasteiger charge is -2.11. The van der Waals surface area contributed by atoms with Crippen LogP contribution in [0, 0.1) is 0 Å². The van der Waals surface area contributed by atoms with Gasteiger partial charge in [-0.15, -0.1) is 0 Å². The van der Waals surface area contributed by atoms with Crippen molar-refractivity contribution < 1.29 is 14.6 Å². The molecule has 0 aliphatic heterocycles. The zero-order valence-electron chi connectivity index (χ0n) is 13.2.